The maximum absolute atomic E-state index is 12.2. The summed E-state index contributed by atoms with van der Waals surface area (Å²) in [6.07, 6.45) is 0.839. The first-order valence-corrected chi connectivity index (χ1v) is 7.75. The number of carbonyl (C=O) groups is 2. The molecular formula is C12H16ClN3O4S. The molecule has 0 radical (unpaired) electrons. The largest absolute Gasteiger partial charge is 0.477 e. The van der Waals surface area contributed by atoms with E-state index in [4.69, 9.17) is 21.4 Å². The molecule has 1 fully saturated rings. The van der Waals surface area contributed by atoms with Gasteiger partial charge in [-0.3, -0.25) is 4.79 Å². The normalized spacial score (nSPS) is 18.6. The molecule has 1 atom stereocenters. The van der Waals surface area contributed by atoms with Gasteiger partial charge in [-0.2, -0.15) is 0 Å². The van der Waals surface area contributed by atoms with Crippen molar-refractivity contribution >= 4 is 39.9 Å². The van der Waals surface area contributed by atoms with Gasteiger partial charge in [0.05, 0.1) is 13.2 Å². The van der Waals surface area contributed by atoms with Crippen molar-refractivity contribution in [2.24, 2.45) is 0 Å². The monoisotopic (exact) mass is 333 g/mol. The summed E-state index contributed by atoms with van der Waals surface area (Å²) in [6.45, 7) is 3.72. The molecule has 0 saturated carbocycles. The SMILES string of the molecule is CCCNC(=O)C1COCCN1c1nc(Cl)c(C(=O)O)s1. The number of aromatic carboxylic acids is 1. The molecule has 1 aliphatic heterocycles. The number of carboxylic acid groups (broad SMARTS) is 1. The molecule has 1 aromatic rings. The highest BCUT2D eigenvalue weighted by molar-refractivity contribution is 7.18. The number of halogens is 1. The van der Waals surface area contributed by atoms with E-state index in [1.807, 2.05) is 6.92 Å². The van der Waals surface area contributed by atoms with E-state index in [1.165, 1.54) is 0 Å². The van der Waals surface area contributed by atoms with Crippen LogP contribution in [0.4, 0.5) is 5.13 Å². The van der Waals surface area contributed by atoms with Crippen LogP contribution in [0.15, 0.2) is 0 Å². The average molecular weight is 334 g/mol. The van der Waals surface area contributed by atoms with Crippen LogP contribution in [0.5, 0.6) is 0 Å². The summed E-state index contributed by atoms with van der Waals surface area (Å²) in [5.74, 6) is -1.27. The van der Waals surface area contributed by atoms with Gasteiger partial charge in [0, 0.05) is 13.1 Å². The smallest absolute Gasteiger partial charge is 0.349 e. The van der Waals surface area contributed by atoms with Crippen molar-refractivity contribution in [1.82, 2.24) is 10.3 Å². The van der Waals surface area contributed by atoms with E-state index in [0.29, 0.717) is 24.8 Å². The quantitative estimate of drug-likeness (QED) is 0.842. The Bertz CT molecular complexity index is 537. The van der Waals surface area contributed by atoms with Crippen LogP contribution in [0.2, 0.25) is 5.15 Å². The van der Waals surface area contributed by atoms with E-state index in [1.54, 1.807) is 4.90 Å². The number of carboxylic acids is 1. The first-order chi connectivity index (χ1) is 10.0. The van der Waals surface area contributed by atoms with Crippen LogP contribution in [0.25, 0.3) is 0 Å². The minimum absolute atomic E-state index is 0.0223. The maximum atomic E-state index is 12.2. The predicted octanol–water partition coefficient (Wildman–Crippen LogP) is 1.23. The number of anilines is 1. The molecule has 2 N–H and O–H groups in total. The molecule has 1 aliphatic rings. The van der Waals surface area contributed by atoms with Gasteiger partial charge in [0.15, 0.2) is 15.2 Å². The molecule has 1 amide bonds. The van der Waals surface area contributed by atoms with Crippen LogP contribution in [-0.2, 0) is 9.53 Å². The Kier molecular flexibility index (Phi) is 5.38. The van der Waals surface area contributed by atoms with Crippen LogP contribution in [-0.4, -0.2) is 54.3 Å². The van der Waals surface area contributed by atoms with Crippen molar-refractivity contribution in [3.8, 4) is 0 Å². The summed E-state index contributed by atoms with van der Waals surface area (Å²) in [5.41, 5.74) is 0. The Balaban J connectivity index is 2.20. The Morgan fingerprint density at radius 1 is 1.62 bits per heavy atom. The molecule has 0 aromatic carbocycles. The van der Waals surface area contributed by atoms with Gasteiger partial charge >= 0.3 is 5.97 Å². The van der Waals surface area contributed by atoms with Gasteiger partial charge in [0.2, 0.25) is 5.91 Å². The van der Waals surface area contributed by atoms with E-state index in [2.05, 4.69) is 10.3 Å². The second kappa shape index (κ2) is 7.06. The maximum Gasteiger partial charge on any atom is 0.349 e. The number of thiazole rings is 1. The third-order valence-electron chi connectivity index (χ3n) is 2.99. The molecule has 2 heterocycles. The van der Waals surface area contributed by atoms with E-state index in [-0.39, 0.29) is 22.5 Å². The number of aromatic nitrogens is 1. The summed E-state index contributed by atoms with van der Waals surface area (Å²) in [5, 5.41) is 12.2. The molecule has 0 spiro atoms. The van der Waals surface area contributed by atoms with Gasteiger partial charge in [-0.15, -0.1) is 0 Å². The van der Waals surface area contributed by atoms with Gasteiger partial charge in [0.25, 0.3) is 0 Å². The number of hydrogen-bond donors (Lipinski definition) is 2. The predicted molar refractivity (Wildman–Crippen MR) is 79.3 cm³/mol. The number of carbonyl (C=O) groups excluding carboxylic acids is 1. The zero-order valence-corrected chi connectivity index (χ0v) is 13.0. The molecule has 0 bridgehead atoms. The number of amides is 1. The van der Waals surface area contributed by atoms with Crippen molar-refractivity contribution in [3.63, 3.8) is 0 Å². The molecule has 1 saturated heterocycles. The Hall–Kier alpha value is -1.38. The standard InChI is InChI=1S/C12H16ClN3O4S/c1-2-3-14-10(17)7-6-20-5-4-16(7)12-15-9(13)8(21-12)11(18)19/h7H,2-6H2,1H3,(H,14,17)(H,18,19). The first kappa shape index (κ1) is 16.0. The molecule has 7 nitrogen and oxygen atoms in total. The van der Waals surface area contributed by atoms with Gasteiger partial charge in [-0.05, 0) is 6.42 Å². The topological polar surface area (TPSA) is 91.8 Å². The number of morpholine rings is 1. The third-order valence-corrected chi connectivity index (χ3v) is 4.46. The summed E-state index contributed by atoms with van der Waals surface area (Å²) >= 11 is 6.80. The molecule has 1 unspecified atom stereocenters. The Morgan fingerprint density at radius 2 is 2.38 bits per heavy atom. The molecule has 2 rings (SSSR count). The molecule has 0 aliphatic carbocycles. The Labute approximate surface area is 130 Å². The molecule has 1 aromatic heterocycles. The minimum Gasteiger partial charge on any atom is -0.477 e. The van der Waals surface area contributed by atoms with E-state index >= 15 is 0 Å². The fourth-order valence-electron chi connectivity index (χ4n) is 1.96. The lowest BCUT2D eigenvalue weighted by molar-refractivity contribution is -0.124. The molecular weight excluding hydrogens is 318 g/mol. The highest BCUT2D eigenvalue weighted by Gasteiger charge is 2.32. The number of ether oxygens (including phenoxy) is 1. The van der Waals surface area contributed by atoms with Gasteiger partial charge in [-0.1, -0.05) is 29.9 Å². The molecule has 116 valence electrons. The lowest BCUT2D eigenvalue weighted by atomic mass is 10.2. The zero-order valence-electron chi connectivity index (χ0n) is 11.5. The van der Waals surface area contributed by atoms with Crippen molar-refractivity contribution in [2.45, 2.75) is 19.4 Å². The van der Waals surface area contributed by atoms with Crippen LogP contribution in [0.3, 0.4) is 0 Å². The summed E-state index contributed by atoms with van der Waals surface area (Å²) in [6, 6.07) is -0.519. The van der Waals surface area contributed by atoms with Gasteiger partial charge < -0.3 is 20.1 Å². The van der Waals surface area contributed by atoms with Crippen molar-refractivity contribution in [3.05, 3.63) is 10.0 Å². The van der Waals surface area contributed by atoms with Crippen LogP contribution in [0.1, 0.15) is 23.0 Å². The number of nitrogens with one attached hydrogen (secondary N) is 1. The lowest BCUT2D eigenvalue weighted by Gasteiger charge is -2.34. The summed E-state index contributed by atoms with van der Waals surface area (Å²) in [4.78, 5) is 29.0. The van der Waals surface area contributed by atoms with E-state index in [0.717, 1.165) is 17.8 Å². The van der Waals surface area contributed by atoms with Crippen molar-refractivity contribution in [2.75, 3.05) is 31.2 Å². The van der Waals surface area contributed by atoms with E-state index in [9.17, 15) is 9.59 Å². The van der Waals surface area contributed by atoms with Crippen LogP contribution in [0, 0.1) is 0 Å². The second-order valence-corrected chi connectivity index (χ2v) is 5.83. The molecule has 21 heavy (non-hydrogen) atoms. The summed E-state index contributed by atoms with van der Waals surface area (Å²) in [7, 11) is 0. The van der Waals surface area contributed by atoms with Crippen molar-refractivity contribution < 1.29 is 19.4 Å². The molecule has 9 heteroatoms. The second-order valence-electron chi connectivity index (χ2n) is 4.50. The van der Waals surface area contributed by atoms with E-state index < -0.39 is 12.0 Å². The van der Waals surface area contributed by atoms with Gasteiger partial charge in [0.1, 0.15) is 6.04 Å². The number of nitrogens with zero attached hydrogens (tertiary/aromatic N) is 2. The third kappa shape index (κ3) is 3.63. The highest BCUT2D eigenvalue weighted by atomic mass is 35.5. The van der Waals surface area contributed by atoms with Crippen LogP contribution >= 0.6 is 22.9 Å². The lowest BCUT2D eigenvalue weighted by Crippen LogP contribution is -2.54. The first-order valence-electron chi connectivity index (χ1n) is 6.56. The minimum atomic E-state index is -1.12. The average Bonchev–Trinajstić information content (AvgIpc) is 2.87. The van der Waals surface area contributed by atoms with Gasteiger partial charge in [-0.25, -0.2) is 9.78 Å². The summed E-state index contributed by atoms with van der Waals surface area (Å²) < 4.78 is 5.34. The van der Waals surface area contributed by atoms with Crippen molar-refractivity contribution in [1.29, 1.82) is 0 Å². The fourth-order valence-corrected chi connectivity index (χ4v) is 3.16. The number of hydrogen-bond acceptors (Lipinski definition) is 6. The number of rotatable bonds is 5. The Morgan fingerprint density at radius 3 is 3.00 bits per heavy atom. The highest BCUT2D eigenvalue weighted by Crippen LogP contribution is 2.31. The zero-order chi connectivity index (χ0) is 15.4. The fraction of sp³-hybridized carbons (Fsp3) is 0.583. The van der Waals surface area contributed by atoms with Crippen LogP contribution < -0.4 is 10.2 Å².